The highest BCUT2D eigenvalue weighted by Gasteiger charge is 2.31. The van der Waals surface area contributed by atoms with Gasteiger partial charge in [0.1, 0.15) is 0 Å². The molecule has 1 amide bonds. The number of piperidine rings is 1. The Labute approximate surface area is 182 Å². The highest BCUT2D eigenvalue weighted by Crippen LogP contribution is 2.25. The van der Waals surface area contributed by atoms with Crippen molar-refractivity contribution >= 4 is 5.91 Å². The lowest BCUT2D eigenvalue weighted by Crippen LogP contribution is -2.46. The van der Waals surface area contributed by atoms with Crippen LogP contribution in [0.2, 0.25) is 0 Å². The van der Waals surface area contributed by atoms with Gasteiger partial charge in [0.25, 0.3) is 0 Å². The van der Waals surface area contributed by atoms with Crippen LogP contribution in [-0.2, 0) is 24.3 Å². The maximum Gasteiger partial charge on any atom is 0.241 e. The second-order valence-electron chi connectivity index (χ2n) is 8.73. The van der Waals surface area contributed by atoms with Crippen LogP contribution >= 0.6 is 0 Å². The molecule has 0 bridgehead atoms. The Kier molecular flexibility index (Phi) is 5.55. The van der Waals surface area contributed by atoms with Crippen molar-refractivity contribution in [2.45, 2.75) is 39.3 Å². The fraction of sp³-hybridized carbons (Fsp3) is 0.400. The summed E-state index contributed by atoms with van der Waals surface area (Å²) in [6, 6.07) is 16.6. The van der Waals surface area contributed by atoms with E-state index >= 15 is 0 Å². The molecule has 6 nitrogen and oxygen atoms in total. The highest BCUT2D eigenvalue weighted by atomic mass is 16.5. The molecule has 6 heteroatoms. The molecular weight excluding hydrogens is 388 g/mol. The van der Waals surface area contributed by atoms with Crippen molar-refractivity contribution in [3.8, 4) is 11.4 Å². The van der Waals surface area contributed by atoms with Crippen molar-refractivity contribution in [3.05, 3.63) is 71.1 Å². The number of carbonyl (C=O) groups excluding carboxylic acids is 1. The Bertz CT molecular complexity index is 1080. The molecule has 1 aromatic heterocycles. The van der Waals surface area contributed by atoms with Gasteiger partial charge in [0, 0.05) is 25.2 Å². The van der Waals surface area contributed by atoms with E-state index in [1.807, 2.05) is 17.0 Å². The number of amides is 1. The molecule has 1 unspecified atom stereocenters. The van der Waals surface area contributed by atoms with E-state index in [0.717, 1.165) is 51.0 Å². The normalized spacial score (nSPS) is 19.3. The van der Waals surface area contributed by atoms with Gasteiger partial charge in [0.2, 0.25) is 17.6 Å². The van der Waals surface area contributed by atoms with Gasteiger partial charge in [-0.3, -0.25) is 9.69 Å². The van der Waals surface area contributed by atoms with Crippen LogP contribution in [-0.4, -0.2) is 45.5 Å². The van der Waals surface area contributed by atoms with Crippen molar-refractivity contribution in [2.24, 2.45) is 5.92 Å². The van der Waals surface area contributed by atoms with Gasteiger partial charge in [0.05, 0.1) is 12.5 Å². The van der Waals surface area contributed by atoms with Gasteiger partial charge in [0.15, 0.2) is 0 Å². The molecule has 2 aliphatic rings. The summed E-state index contributed by atoms with van der Waals surface area (Å²) in [4.78, 5) is 22.1. The molecule has 1 atom stereocenters. The summed E-state index contributed by atoms with van der Waals surface area (Å²) < 4.78 is 5.51. The lowest BCUT2D eigenvalue weighted by atomic mass is 9.94. The molecule has 0 aliphatic carbocycles. The minimum Gasteiger partial charge on any atom is -0.338 e. The summed E-state index contributed by atoms with van der Waals surface area (Å²) in [7, 11) is 0. The number of nitrogens with zero attached hydrogens (tertiary/aromatic N) is 4. The van der Waals surface area contributed by atoms with E-state index in [2.05, 4.69) is 58.4 Å². The van der Waals surface area contributed by atoms with Crippen LogP contribution in [0, 0.1) is 12.8 Å². The largest absolute Gasteiger partial charge is 0.338 e. The van der Waals surface area contributed by atoms with Crippen LogP contribution in [0.15, 0.2) is 53.1 Å². The molecule has 1 saturated heterocycles. The summed E-state index contributed by atoms with van der Waals surface area (Å²) in [5.74, 6) is 1.55. The summed E-state index contributed by atoms with van der Waals surface area (Å²) in [5, 5.41) is 4.15. The molecule has 0 spiro atoms. The summed E-state index contributed by atoms with van der Waals surface area (Å²) >= 11 is 0. The van der Waals surface area contributed by atoms with Crippen molar-refractivity contribution in [3.63, 3.8) is 0 Å². The Morgan fingerprint density at radius 2 is 2.00 bits per heavy atom. The fourth-order valence-corrected chi connectivity index (χ4v) is 4.75. The Morgan fingerprint density at radius 3 is 2.87 bits per heavy atom. The third-order valence-corrected chi connectivity index (χ3v) is 6.40. The molecule has 3 heterocycles. The van der Waals surface area contributed by atoms with E-state index in [-0.39, 0.29) is 11.8 Å². The summed E-state index contributed by atoms with van der Waals surface area (Å²) in [6.45, 7) is 5.89. The van der Waals surface area contributed by atoms with E-state index in [1.54, 1.807) is 0 Å². The Morgan fingerprint density at radius 1 is 1.13 bits per heavy atom. The average Bonchev–Trinajstić information content (AvgIpc) is 3.27. The third-order valence-electron chi connectivity index (χ3n) is 6.40. The van der Waals surface area contributed by atoms with Gasteiger partial charge < -0.3 is 9.42 Å². The van der Waals surface area contributed by atoms with Crippen molar-refractivity contribution in [2.75, 3.05) is 19.6 Å². The second-order valence-corrected chi connectivity index (χ2v) is 8.73. The van der Waals surface area contributed by atoms with E-state index in [9.17, 15) is 4.79 Å². The molecule has 0 N–H and O–H groups in total. The molecule has 2 aromatic carbocycles. The highest BCUT2D eigenvalue weighted by molar-refractivity contribution is 5.79. The quantitative estimate of drug-likeness (QED) is 0.647. The standard InChI is InChI=1S/C25H28N4O2/c1-18-6-4-9-20(14-18)24-26-23(31-27-24)17-28-12-5-10-22(15-28)25(30)29-13-11-19-7-2-3-8-21(19)16-29/h2-4,6-9,14,22H,5,10-13,15-17H2,1H3. The van der Waals surface area contributed by atoms with Crippen molar-refractivity contribution < 1.29 is 9.32 Å². The first-order chi connectivity index (χ1) is 15.2. The number of rotatable bonds is 4. The van der Waals surface area contributed by atoms with E-state index in [1.165, 1.54) is 16.7 Å². The zero-order chi connectivity index (χ0) is 21.2. The van der Waals surface area contributed by atoms with Crippen LogP contribution in [0.3, 0.4) is 0 Å². The van der Waals surface area contributed by atoms with Gasteiger partial charge in [-0.1, -0.05) is 53.2 Å². The Balaban J connectivity index is 1.21. The monoisotopic (exact) mass is 416 g/mol. The first-order valence-electron chi connectivity index (χ1n) is 11.1. The van der Waals surface area contributed by atoms with Gasteiger partial charge in [-0.15, -0.1) is 0 Å². The molecule has 0 saturated carbocycles. The number of fused-ring (bicyclic) bond motifs is 1. The van der Waals surface area contributed by atoms with E-state index in [4.69, 9.17) is 4.52 Å². The zero-order valence-electron chi connectivity index (χ0n) is 18.0. The first kappa shape index (κ1) is 19.9. The molecule has 160 valence electrons. The van der Waals surface area contributed by atoms with Gasteiger partial charge in [-0.2, -0.15) is 4.98 Å². The maximum absolute atomic E-state index is 13.2. The predicted molar refractivity (Wildman–Crippen MR) is 118 cm³/mol. The number of benzene rings is 2. The van der Waals surface area contributed by atoms with Crippen LogP contribution in [0.5, 0.6) is 0 Å². The number of carbonyl (C=O) groups is 1. The molecule has 31 heavy (non-hydrogen) atoms. The van der Waals surface area contributed by atoms with Crippen LogP contribution in [0.4, 0.5) is 0 Å². The number of likely N-dealkylation sites (tertiary alicyclic amines) is 1. The molecule has 5 rings (SSSR count). The minimum absolute atomic E-state index is 0.0400. The lowest BCUT2D eigenvalue weighted by molar-refractivity contribution is -0.138. The molecule has 0 radical (unpaired) electrons. The topological polar surface area (TPSA) is 62.5 Å². The molecule has 2 aliphatic heterocycles. The summed E-state index contributed by atoms with van der Waals surface area (Å²) in [5.41, 5.74) is 4.79. The zero-order valence-corrected chi connectivity index (χ0v) is 18.0. The molecule has 1 fully saturated rings. The molecule has 3 aromatic rings. The minimum atomic E-state index is 0.0400. The first-order valence-corrected chi connectivity index (χ1v) is 11.1. The van der Waals surface area contributed by atoms with E-state index < -0.39 is 0 Å². The van der Waals surface area contributed by atoms with Gasteiger partial charge in [-0.25, -0.2) is 0 Å². The average molecular weight is 417 g/mol. The lowest BCUT2D eigenvalue weighted by Gasteiger charge is -2.36. The third kappa shape index (κ3) is 4.39. The van der Waals surface area contributed by atoms with Crippen molar-refractivity contribution in [1.29, 1.82) is 0 Å². The summed E-state index contributed by atoms with van der Waals surface area (Å²) in [6.07, 6.45) is 2.91. The number of hydrogen-bond acceptors (Lipinski definition) is 5. The molecular formula is C25H28N4O2. The second kappa shape index (κ2) is 8.63. The number of hydrogen-bond donors (Lipinski definition) is 0. The van der Waals surface area contributed by atoms with Crippen molar-refractivity contribution in [1.82, 2.24) is 19.9 Å². The van der Waals surface area contributed by atoms with Crippen LogP contribution in [0.1, 0.15) is 35.4 Å². The number of aryl methyl sites for hydroxylation is 1. The maximum atomic E-state index is 13.2. The smallest absolute Gasteiger partial charge is 0.241 e. The van der Waals surface area contributed by atoms with Gasteiger partial charge >= 0.3 is 0 Å². The SMILES string of the molecule is Cc1cccc(-c2noc(CN3CCCC(C(=O)N4CCc5ccccc5C4)C3)n2)c1. The van der Waals surface area contributed by atoms with Crippen LogP contribution in [0.25, 0.3) is 11.4 Å². The number of aromatic nitrogens is 2. The predicted octanol–water partition coefficient (Wildman–Crippen LogP) is 3.84. The fourth-order valence-electron chi connectivity index (χ4n) is 4.75. The Hall–Kier alpha value is -2.99. The van der Waals surface area contributed by atoms with Gasteiger partial charge in [-0.05, 0) is 49.9 Å². The van der Waals surface area contributed by atoms with Crippen LogP contribution < -0.4 is 0 Å². The van der Waals surface area contributed by atoms with E-state index in [0.29, 0.717) is 18.3 Å².